The fraction of sp³-hybridized carbons (Fsp3) is 0.818. The van der Waals surface area contributed by atoms with Gasteiger partial charge in [0.15, 0.2) is 0 Å². The molecular weight excluding hydrogens is 302 g/mol. The van der Waals surface area contributed by atoms with Crippen LogP contribution in [0.4, 0.5) is 0 Å². The molecular formula is C11H21N3O4S2. The van der Waals surface area contributed by atoms with Crippen molar-refractivity contribution >= 4 is 33.2 Å². The largest absolute Gasteiger partial charge is 0.466 e. The van der Waals surface area contributed by atoms with Crippen molar-refractivity contribution in [3.05, 3.63) is 0 Å². The van der Waals surface area contributed by atoms with E-state index in [0.29, 0.717) is 37.7 Å². The van der Waals surface area contributed by atoms with Gasteiger partial charge < -0.3 is 10.5 Å². The highest BCUT2D eigenvalue weighted by molar-refractivity contribution is 7.89. The van der Waals surface area contributed by atoms with Crippen LogP contribution in [0.15, 0.2) is 0 Å². The highest BCUT2D eigenvalue weighted by atomic mass is 32.2. The monoisotopic (exact) mass is 323 g/mol. The van der Waals surface area contributed by atoms with Crippen molar-refractivity contribution in [2.24, 2.45) is 5.73 Å². The molecule has 0 unspecified atom stereocenters. The van der Waals surface area contributed by atoms with Gasteiger partial charge in [0.25, 0.3) is 0 Å². The van der Waals surface area contributed by atoms with Crippen LogP contribution >= 0.6 is 12.2 Å². The minimum absolute atomic E-state index is 0.108. The molecule has 1 rings (SSSR count). The highest BCUT2D eigenvalue weighted by Crippen LogP contribution is 2.09. The SMILES string of the molecule is CCOC(=O)CCS(=O)(=O)N1CCN(CC(N)=S)CC1. The Kier molecular flexibility index (Phi) is 6.80. The maximum absolute atomic E-state index is 12.1. The maximum Gasteiger partial charge on any atom is 0.306 e. The Morgan fingerprint density at radius 1 is 1.30 bits per heavy atom. The average molecular weight is 323 g/mol. The number of hydrogen-bond donors (Lipinski definition) is 1. The molecule has 0 aromatic heterocycles. The second kappa shape index (κ2) is 7.87. The number of ether oxygens (including phenoxy) is 1. The lowest BCUT2D eigenvalue weighted by atomic mass is 10.3. The van der Waals surface area contributed by atoms with Crippen molar-refractivity contribution in [3.8, 4) is 0 Å². The molecule has 7 nitrogen and oxygen atoms in total. The molecule has 116 valence electrons. The summed E-state index contributed by atoms with van der Waals surface area (Å²) >= 11 is 4.83. The lowest BCUT2D eigenvalue weighted by Crippen LogP contribution is -2.50. The first-order chi connectivity index (χ1) is 9.35. The Labute approximate surface area is 125 Å². The van der Waals surface area contributed by atoms with Gasteiger partial charge in [0, 0.05) is 32.7 Å². The molecule has 1 fully saturated rings. The fourth-order valence-corrected chi connectivity index (χ4v) is 3.55. The molecule has 20 heavy (non-hydrogen) atoms. The summed E-state index contributed by atoms with van der Waals surface area (Å²) in [6.07, 6.45) is -0.108. The molecule has 1 heterocycles. The standard InChI is InChI=1S/C11H21N3O4S2/c1-2-18-11(15)3-8-20(16,17)14-6-4-13(5-7-14)9-10(12)19/h2-9H2,1H3,(H2,12,19). The van der Waals surface area contributed by atoms with Gasteiger partial charge in [-0.2, -0.15) is 4.31 Å². The highest BCUT2D eigenvalue weighted by Gasteiger charge is 2.27. The Morgan fingerprint density at radius 2 is 1.90 bits per heavy atom. The van der Waals surface area contributed by atoms with Crippen LogP contribution in [0.2, 0.25) is 0 Å². The molecule has 1 saturated heterocycles. The molecule has 1 aliphatic heterocycles. The second-order valence-corrected chi connectivity index (χ2v) is 7.13. The molecule has 2 N–H and O–H groups in total. The van der Waals surface area contributed by atoms with Gasteiger partial charge in [-0.1, -0.05) is 12.2 Å². The fourth-order valence-electron chi connectivity index (χ4n) is 1.96. The van der Waals surface area contributed by atoms with E-state index in [2.05, 4.69) is 0 Å². The van der Waals surface area contributed by atoms with Crippen LogP contribution in [0.1, 0.15) is 13.3 Å². The number of carbonyl (C=O) groups is 1. The van der Waals surface area contributed by atoms with Gasteiger partial charge in [-0.25, -0.2) is 8.42 Å². The van der Waals surface area contributed by atoms with E-state index in [1.807, 2.05) is 4.90 Å². The second-order valence-electron chi connectivity index (χ2n) is 4.51. The van der Waals surface area contributed by atoms with Crippen molar-refractivity contribution < 1.29 is 17.9 Å². The summed E-state index contributed by atoms with van der Waals surface area (Å²) in [7, 11) is -3.41. The summed E-state index contributed by atoms with van der Waals surface area (Å²) in [5.41, 5.74) is 5.46. The molecule has 0 amide bonds. The predicted octanol–water partition coefficient (Wildman–Crippen LogP) is -0.827. The first-order valence-electron chi connectivity index (χ1n) is 6.49. The summed E-state index contributed by atoms with van der Waals surface area (Å²) in [4.78, 5) is 13.6. The number of sulfonamides is 1. The normalized spacial score (nSPS) is 17.9. The molecule has 0 aromatic carbocycles. The summed E-state index contributed by atoms with van der Waals surface area (Å²) in [6.45, 7) is 4.43. The number of rotatable bonds is 7. The number of nitrogens with two attached hydrogens (primary N) is 1. The van der Waals surface area contributed by atoms with Crippen molar-refractivity contribution in [2.75, 3.05) is 45.1 Å². The van der Waals surface area contributed by atoms with Crippen LogP contribution in [0.5, 0.6) is 0 Å². The van der Waals surface area contributed by atoms with Gasteiger partial charge in [-0.05, 0) is 6.92 Å². The van der Waals surface area contributed by atoms with Crippen molar-refractivity contribution in [3.63, 3.8) is 0 Å². The third-order valence-electron chi connectivity index (χ3n) is 2.97. The summed E-state index contributed by atoms with van der Waals surface area (Å²) in [5, 5.41) is 0. The number of esters is 1. The number of nitrogens with zero attached hydrogens (tertiary/aromatic N) is 2. The maximum atomic E-state index is 12.1. The number of hydrogen-bond acceptors (Lipinski definition) is 6. The quantitative estimate of drug-likeness (QED) is 0.483. The van der Waals surface area contributed by atoms with E-state index >= 15 is 0 Å². The first kappa shape index (κ1) is 17.3. The van der Waals surface area contributed by atoms with E-state index in [9.17, 15) is 13.2 Å². The van der Waals surface area contributed by atoms with Crippen LogP contribution in [-0.2, 0) is 19.6 Å². The zero-order valence-electron chi connectivity index (χ0n) is 11.6. The van der Waals surface area contributed by atoms with Crippen LogP contribution in [0, 0.1) is 0 Å². The Hall–Kier alpha value is -0.770. The molecule has 0 saturated carbocycles. The third-order valence-corrected chi connectivity index (χ3v) is 4.97. The molecule has 0 aromatic rings. The Morgan fingerprint density at radius 3 is 2.40 bits per heavy atom. The summed E-state index contributed by atoms with van der Waals surface area (Å²) < 4.78 is 30.3. The number of carbonyl (C=O) groups excluding carboxylic acids is 1. The van der Waals surface area contributed by atoms with Gasteiger partial charge >= 0.3 is 5.97 Å². The van der Waals surface area contributed by atoms with Gasteiger partial charge in [0.1, 0.15) is 0 Å². The molecule has 0 bridgehead atoms. The van der Waals surface area contributed by atoms with E-state index in [1.165, 1.54) is 4.31 Å². The van der Waals surface area contributed by atoms with Crippen molar-refractivity contribution in [2.45, 2.75) is 13.3 Å². The predicted molar refractivity (Wildman–Crippen MR) is 79.8 cm³/mol. The molecule has 0 aliphatic carbocycles. The van der Waals surface area contributed by atoms with Crippen molar-refractivity contribution in [1.29, 1.82) is 0 Å². The van der Waals surface area contributed by atoms with E-state index in [0.717, 1.165) is 0 Å². The van der Waals surface area contributed by atoms with Gasteiger partial charge in [0.05, 0.1) is 23.8 Å². The lowest BCUT2D eigenvalue weighted by molar-refractivity contribution is -0.142. The molecule has 0 radical (unpaired) electrons. The zero-order valence-corrected chi connectivity index (χ0v) is 13.2. The van der Waals surface area contributed by atoms with Crippen LogP contribution in [0.3, 0.4) is 0 Å². The molecule has 0 atom stereocenters. The zero-order chi connectivity index (χ0) is 15.2. The number of thiocarbonyl (C=S) groups is 1. The molecule has 0 spiro atoms. The Bertz CT molecular complexity index is 445. The van der Waals surface area contributed by atoms with E-state index < -0.39 is 16.0 Å². The minimum Gasteiger partial charge on any atom is -0.466 e. The van der Waals surface area contributed by atoms with E-state index in [-0.39, 0.29) is 18.8 Å². The van der Waals surface area contributed by atoms with Crippen LogP contribution < -0.4 is 5.73 Å². The first-order valence-corrected chi connectivity index (χ1v) is 8.51. The lowest BCUT2D eigenvalue weighted by Gasteiger charge is -2.33. The van der Waals surface area contributed by atoms with Gasteiger partial charge in [0.2, 0.25) is 10.0 Å². The van der Waals surface area contributed by atoms with Crippen LogP contribution in [-0.4, -0.2) is 73.7 Å². The summed E-state index contributed by atoms with van der Waals surface area (Å²) in [6, 6.07) is 0. The molecule has 1 aliphatic rings. The Balaban J connectivity index is 2.42. The van der Waals surface area contributed by atoms with Gasteiger partial charge in [-0.3, -0.25) is 9.69 Å². The van der Waals surface area contributed by atoms with Crippen LogP contribution in [0.25, 0.3) is 0 Å². The van der Waals surface area contributed by atoms with E-state index in [1.54, 1.807) is 6.92 Å². The summed E-state index contributed by atoms with van der Waals surface area (Å²) in [5.74, 6) is -0.690. The van der Waals surface area contributed by atoms with Crippen molar-refractivity contribution in [1.82, 2.24) is 9.21 Å². The third kappa shape index (κ3) is 5.70. The minimum atomic E-state index is -3.41. The smallest absolute Gasteiger partial charge is 0.306 e. The topological polar surface area (TPSA) is 92.9 Å². The number of piperazine rings is 1. The molecule has 9 heteroatoms. The van der Waals surface area contributed by atoms with Gasteiger partial charge in [-0.15, -0.1) is 0 Å². The van der Waals surface area contributed by atoms with E-state index in [4.69, 9.17) is 22.7 Å². The average Bonchev–Trinajstić information content (AvgIpc) is 2.37.